The fourth-order valence-corrected chi connectivity index (χ4v) is 6.91. The highest BCUT2D eigenvalue weighted by molar-refractivity contribution is 6.07. The predicted octanol–water partition coefficient (Wildman–Crippen LogP) is 3.49. The van der Waals surface area contributed by atoms with E-state index in [1.807, 2.05) is 0 Å². The highest BCUT2D eigenvalue weighted by Crippen LogP contribution is 2.67. The van der Waals surface area contributed by atoms with Gasteiger partial charge >= 0.3 is 6.61 Å². The summed E-state index contributed by atoms with van der Waals surface area (Å²) >= 11 is 0. The molecule has 6 rings (SSSR count). The van der Waals surface area contributed by atoms with Gasteiger partial charge in [-0.1, -0.05) is 12.1 Å². The van der Waals surface area contributed by atoms with Crippen molar-refractivity contribution in [2.24, 2.45) is 33.9 Å². The van der Waals surface area contributed by atoms with E-state index in [4.69, 9.17) is 10.7 Å². The number of nitrogens with zero attached hydrogens (tertiary/aromatic N) is 2. The van der Waals surface area contributed by atoms with Crippen LogP contribution < -0.4 is 10.5 Å². The highest BCUT2D eigenvalue weighted by atomic mass is 19.3. The molecule has 5 aliphatic rings. The Kier molecular flexibility index (Phi) is 3.77. The summed E-state index contributed by atoms with van der Waals surface area (Å²) in [5.74, 6) is 2.12. The zero-order valence-electron chi connectivity index (χ0n) is 15.9. The lowest BCUT2D eigenvalue weighted by Gasteiger charge is -2.61. The van der Waals surface area contributed by atoms with Crippen LogP contribution >= 0.6 is 0 Å². The molecule has 4 saturated carbocycles. The standard InChI is InChI=1S/C21H25F2N3O2/c1-26-17(27)21(25-19(26)24,15-2-4-16(5-3-15)28-18(22)23)20-9-12-6-13(10-20)8-14(7-12)11-20/h2-5,12-14,18H,6-11H2,1H3,(H2,24,25)/t12?,13?,14?,20?,21-/m1/s1. The van der Waals surface area contributed by atoms with E-state index in [2.05, 4.69) is 4.74 Å². The van der Waals surface area contributed by atoms with E-state index in [0.29, 0.717) is 17.8 Å². The second-order valence-corrected chi connectivity index (χ2v) is 9.15. The van der Waals surface area contributed by atoms with Gasteiger partial charge in [-0.15, -0.1) is 0 Å². The Morgan fingerprint density at radius 2 is 1.64 bits per heavy atom. The van der Waals surface area contributed by atoms with Crippen molar-refractivity contribution in [2.75, 3.05) is 7.05 Å². The number of halogens is 2. The van der Waals surface area contributed by atoms with E-state index >= 15 is 0 Å². The third kappa shape index (κ3) is 2.34. The molecule has 0 radical (unpaired) electrons. The van der Waals surface area contributed by atoms with Crippen molar-refractivity contribution < 1.29 is 18.3 Å². The summed E-state index contributed by atoms with van der Waals surface area (Å²) in [5.41, 5.74) is 5.54. The van der Waals surface area contributed by atoms with Gasteiger partial charge in [0, 0.05) is 12.5 Å². The van der Waals surface area contributed by atoms with E-state index in [9.17, 15) is 13.6 Å². The van der Waals surface area contributed by atoms with Crippen molar-refractivity contribution >= 4 is 11.9 Å². The Morgan fingerprint density at radius 3 is 2.07 bits per heavy atom. The number of nitrogens with two attached hydrogens (primary N) is 1. The number of hydrogen-bond acceptors (Lipinski definition) is 4. The maximum absolute atomic E-state index is 13.6. The quantitative estimate of drug-likeness (QED) is 0.857. The summed E-state index contributed by atoms with van der Waals surface area (Å²) in [7, 11) is 1.66. The summed E-state index contributed by atoms with van der Waals surface area (Å²) < 4.78 is 29.6. The molecule has 7 heteroatoms. The fourth-order valence-electron chi connectivity index (χ4n) is 6.91. The predicted molar refractivity (Wildman–Crippen MR) is 99.7 cm³/mol. The zero-order valence-corrected chi connectivity index (χ0v) is 15.9. The monoisotopic (exact) mass is 389 g/mol. The minimum atomic E-state index is -2.88. The van der Waals surface area contributed by atoms with Gasteiger partial charge < -0.3 is 10.5 Å². The smallest absolute Gasteiger partial charge is 0.387 e. The zero-order chi connectivity index (χ0) is 19.7. The topological polar surface area (TPSA) is 67.9 Å². The molecule has 1 atom stereocenters. The van der Waals surface area contributed by atoms with Crippen LogP contribution in [0.2, 0.25) is 0 Å². The molecule has 4 fully saturated rings. The van der Waals surface area contributed by atoms with Crippen molar-refractivity contribution in [3.63, 3.8) is 0 Å². The molecule has 4 aliphatic carbocycles. The van der Waals surface area contributed by atoms with E-state index in [-0.39, 0.29) is 23.0 Å². The first-order chi connectivity index (χ1) is 13.3. The van der Waals surface area contributed by atoms with Crippen LogP contribution in [0.1, 0.15) is 44.1 Å². The minimum Gasteiger partial charge on any atom is -0.435 e. The van der Waals surface area contributed by atoms with E-state index in [0.717, 1.165) is 24.8 Å². The van der Waals surface area contributed by atoms with Crippen LogP contribution in [-0.4, -0.2) is 30.4 Å². The Morgan fingerprint density at radius 1 is 1.11 bits per heavy atom. The molecule has 0 spiro atoms. The van der Waals surface area contributed by atoms with Crippen molar-refractivity contribution in [1.82, 2.24) is 4.90 Å². The third-order valence-electron chi connectivity index (χ3n) is 7.54. The Hall–Kier alpha value is -2.18. The number of carbonyl (C=O) groups is 1. The van der Waals surface area contributed by atoms with Crippen molar-refractivity contribution in [2.45, 2.75) is 50.7 Å². The summed E-state index contributed by atoms with van der Waals surface area (Å²) in [5, 5.41) is 0. The van der Waals surface area contributed by atoms with Gasteiger partial charge in [-0.2, -0.15) is 8.78 Å². The number of ether oxygens (including phenoxy) is 1. The van der Waals surface area contributed by atoms with Crippen LogP contribution in [0.25, 0.3) is 0 Å². The molecule has 0 unspecified atom stereocenters. The first-order valence-corrected chi connectivity index (χ1v) is 10.0. The minimum absolute atomic E-state index is 0.0789. The van der Waals surface area contributed by atoms with Crippen LogP contribution in [0.3, 0.4) is 0 Å². The van der Waals surface area contributed by atoms with E-state index in [1.54, 1.807) is 19.2 Å². The number of likely N-dealkylation sites (N-methyl/N-ethyl adjacent to an activating group) is 1. The lowest BCUT2D eigenvalue weighted by molar-refractivity contribution is -0.149. The SMILES string of the molecule is CN1C(=O)[C@](c2ccc(OC(F)F)cc2)(C23CC4CC(CC(C4)C2)C3)N=C1N. The van der Waals surface area contributed by atoms with E-state index < -0.39 is 12.2 Å². The normalized spacial score (nSPS) is 39.0. The molecule has 1 aromatic carbocycles. The van der Waals surface area contributed by atoms with Gasteiger partial charge in [0.15, 0.2) is 11.5 Å². The van der Waals surface area contributed by atoms with Crippen molar-refractivity contribution in [1.29, 1.82) is 0 Å². The van der Waals surface area contributed by atoms with E-state index in [1.165, 1.54) is 36.3 Å². The molecule has 0 aromatic heterocycles. The van der Waals surface area contributed by atoms with Gasteiger partial charge in [0.25, 0.3) is 5.91 Å². The molecule has 4 bridgehead atoms. The molecule has 1 aromatic rings. The largest absolute Gasteiger partial charge is 0.435 e. The van der Waals surface area contributed by atoms with Crippen molar-refractivity contribution in [3.05, 3.63) is 29.8 Å². The number of guanidine groups is 1. The average Bonchev–Trinajstić information content (AvgIpc) is 2.86. The highest BCUT2D eigenvalue weighted by Gasteiger charge is 2.67. The second-order valence-electron chi connectivity index (χ2n) is 9.15. The first-order valence-electron chi connectivity index (χ1n) is 10.0. The van der Waals surface area contributed by atoms with Gasteiger partial charge in [0.05, 0.1) is 0 Å². The summed E-state index contributed by atoms with van der Waals surface area (Å²) in [6.45, 7) is -2.88. The molecule has 5 nitrogen and oxygen atoms in total. The number of alkyl halides is 2. The molecule has 1 heterocycles. The number of amides is 1. The van der Waals surface area contributed by atoms with Gasteiger partial charge in [-0.05, 0) is 74.0 Å². The molecule has 150 valence electrons. The third-order valence-corrected chi connectivity index (χ3v) is 7.54. The lowest BCUT2D eigenvalue weighted by Crippen LogP contribution is -2.59. The van der Waals surface area contributed by atoms with Crippen molar-refractivity contribution in [3.8, 4) is 5.75 Å². The Bertz CT molecular complexity index is 803. The molecule has 2 N–H and O–H groups in total. The van der Waals surface area contributed by atoms with Gasteiger partial charge in [0.2, 0.25) is 0 Å². The van der Waals surface area contributed by atoms with Crippen LogP contribution in [0, 0.1) is 23.2 Å². The van der Waals surface area contributed by atoms with Gasteiger partial charge in [-0.3, -0.25) is 9.69 Å². The fraction of sp³-hybridized carbons (Fsp3) is 0.619. The Balaban J connectivity index is 1.63. The molecular weight excluding hydrogens is 364 g/mol. The first kappa shape index (κ1) is 17.9. The number of aliphatic imine (C=N–C) groups is 1. The van der Waals surface area contributed by atoms with Gasteiger partial charge in [-0.25, -0.2) is 4.99 Å². The number of carbonyl (C=O) groups excluding carboxylic acids is 1. The molecule has 28 heavy (non-hydrogen) atoms. The second kappa shape index (κ2) is 5.91. The van der Waals surface area contributed by atoms with Crippen LogP contribution in [-0.2, 0) is 10.3 Å². The van der Waals surface area contributed by atoms with Crippen LogP contribution in [0.5, 0.6) is 5.75 Å². The lowest BCUT2D eigenvalue weighted by atomic mass is 9.43. The maximum atomic E-state index is 13.6. The molecule has 0 saturated heterocycles. The summed E-state index contributed by atoms with van der Waals surface area (Å²) in [6, 6.07) is 6.43. The number of hydrogen-bond donors (Lipinski definition) is 1. The summed E-state index contributed by atoms with van der Waals surface area (Å²) in [6.07, 6.45) is 6.68. The average molecular weight is 389 g/mol. The Labute approximate surface area is 162 Å². The maximum Gasteiger partial charge on any atom is 0.387 e. The molecular formula is C21H25F2N3O2. The van der Waals surface area contributed by atoms with Crippen LogP contribution in [0.4, 0.5) is 8.78 Å². The van der Waals surface area contributed by atoms with Gasteiger partial charge in [0.1, 0.15) is 5.75 Å². The molecule has 1 amide bonds. The molecule has 1 aliphatic heterocycles. The summed E-state index contributed by atoms with van der Waals surface area (Å²) in [4.78, 5) is 19.9. The van der Waals surface area contributed by atoms with Crippen LogP contribution in [0.15, 0.2) is 29.3 Å². The number of benzene rings is 1. The number of rotatable bonds is 4.